The molecule has 0 radical (unpaired) electrons. The second-order valence-corrected chi connectivity index (χ2v) is 2.34. The van der Waals surface area contributed by atoms with Crippen LogP contribution in [0.1, 0.15) is 5.76 Å². The van der Waals surface area contributed by atoms with Crippen LogP contribution in [0.25, 0.3) is 0 Å². The van der Waals surface area contributed by atoms with E-state index in [1.807, 2.05) is 0 Å². The Labute approximate surface area is 66.6 Å². The van der Waals surface area contributed by atoms with Gasteiger partial charge in [-0.2, -0.15) is 13.2 Å². The van der Waals surface area contributed by atoms with Crippen molar-refractivity contribution in [3.63, 3.8) is 0 Å². The van der Waals surface area contributed by atoms with E-state index < -0.39 is 18.7 Å². The number of halogens is 3. The van der Waals surface area contributed by atoms with Gasteiger partial charge in [-0.3, -0.25) is 0 Å². The summed E-state index contributed by atoms with van der Waals surface area (Å²) < 4.78 is 39.9. The van der Waals surface area contributed by atoms with E-state index in [9.17, 15) is 13.2 Å². The fourth-order valence-electron chi connectivity index (χ4n) is 0.735. The van der Waals surface area contributed by atoms with Crippen LogP contribution in [0.4, 0.5) is 13.2 Å². The van der Waals surface area contributed by atoms with Crippen LogP contribution >= 0.6 is 0 Å². The zero-order valence-corrected chi connectivity index (χ0v) is 6.01. The van der Waals surface area contributed by atoms with Crippen molar-refractivity contribution in [2.24, 2.45) is 0 Å². The Bertz CT molecular complexity index is 227. The van der Waals surface area contributed by atoms with E-state index in [4.69, 9.17) is 5.11 Å². The van der Waals surface area contributed by atoms with Gasteiger partial charge >= 0.3 is 6.18 Å². The summed E-state index contributed by atoms with van der Waals surface area (Å²) in [5.74, 6) is 0.125. The van der Waals surface area contributed by atoms with E-state index in [2.05, 4.69) is 4.42 Å². The van der Waals surface area contributed by atoms with Gasteiger partial charge in [0, 0.05) is 6.42 Å². The maximum absolute atomic E-state index is 11.7. The summed E-state index contributed by atoms with van der Waals surface area (Å²) in [4.78, 5) is 0. The van der Waals surface area contributed by atoms with Gasteiger partial charge in [-0.1, -0.05) is 0 Å². The molecule has 1 aromatic heterocycles. The normalized spacial score (nSPS) is 14.7. The fraction of sp³-hybridized carbons (Fsp3) is 0.429. The third kappa shape index (κ3) is 2.27. The highest BCUT2D eigenvalue weighted by atomic mass is 19.4. The first-order valence-electron chi connectivity index (χ1n) is 3.27. The lowest BCUT2D eigenvalue weighted by Gasteiger charge is -2.12. The molecule has 0 saturated heterocycles. The number of alkyl halides is 3. The van der Waals surface area contributed by atoms with Crippen LogP contribution < -0.4 is 0 Å². The highest BCUT2D eigenvalue weighted by Crippen LogP contribution is 2.22. The lowest BCUT2D eigenvalue weighted by atomic mass is 10.2. The third-order valence-electron chi connectivity index (χ3n) is 1.35. The van der Waals surface area contributed by atoms with Gasteiger partial charge in [-0.25, -0.2) is 0 Å². The van der Waals surface area contributed by atoms with Gasteiger partial charge in [-0.15, -0.1) is 0 Å². The number of hydrogen-bond donors (Lipinski definition) is 1. The van der Waals surface area contributed by atoms with Gasteiger partial charge in [0.1, 0.15) is 5.76 Å². The third-order valence-corrected chi connectivity index (χ3v) is 1.35. The number of rotatable bonds is 2. The molecule has 0 aliphatic heterocycles. The maximum atomic E-state index is 11.7. The highest BCUT2D eigenvalue weighted by molar-refractivity contribution is 5.00. The maximum Gasteiger partial charge on any atom is 0.414 e. The number of aliphatic hydroxyl groups is 1. The van der Waals surface area contributed by atoms with Crippen LogP contribution in [-0.4, -0.2) is 17.4 Å². The smallest absolute Gasteiger partial charge is 0.414 e. The van der Waals surface area contributed by atoms with Crippen molar-refractivity contribution in [3.8, 4) is 0 Å². The van der Waals surface area contributed by atoms with Gasteiger partial charge in [-0.05, 0) is 12.1 Å². The van der Waals surface area contributed by atoms with E-state index in [-0.39, 0.29) is 5.76 Å². The molecule has 0 fully saturated rings. The first kappa shape index (κ1) is 9.12. The van der Waals surface area contributed by atoms with Crippen molar-refractivity contribution in [1.29, 1.82) is 0 Å². The molecule has 1 atom stereocenters. The summed E-state index contributed by atoms with van der Waals surface area (Å²) in [5, 5.41) is 8.57. The van der Waals surface area contributed by atoms with Crippen LogP contribution in [0.3, 0.4) is 0 Å². The predicted octanol–water partition coefficient (Wildman–Crippen LogP) is 1.75. The number of aliphatic hydroxyl groups excluding tert-OH is 1. The summed E-state index contributed by atoms with van der Waals surface area (Å²) in [6, 6.07) is 2.85. The Morgan fingerprint density at radius 3 is 2.58 bits per heavy atom. The molecule has 0 aliphatic carbocycles. The van der Waals surface area contributed by atoms with Crippen molar-refractivity contribution in [1.82, 2.24) is 0 Å². The minimum atomic E-state index is -4.58. The first-order chi connectivity index (χ1) is 5.50. The van der Waals surface area contributed by atoms with E-state index in [1.165, 1.54) is 18.4 Å². The van der Waals surface area contributed by atoms with Gasteiger partial charge in [0.25, 0.3) is 0 Å². The molecule has 1 aromatic rings. The SMILES string of the molecule is O[C@H](Cc1ccco1)C(F)(F)F. The topological polar surface area (TPSA) is 33.4 Å². The van der Waals surface area contributed by atoms with Crippen molar-refractivity contribution < 1.29 is 22.7 Å². The Hall–Kier alpha value is -0.970. The Kier molecular flexibility index (Phi) is 2.42. The molecule has 1 heterocycles. The molecule has 0 aliphatic rings. The molecular weight excluding hydrogens is 173 g/mol. The Morgan fingerprint density at radius 2 is 2.17 bits per heavy atom. The number of furan rings is 1. The molecule has 68 valence electrons. The molecule has 12 heavy (non-hydrogen) atoms. The van der Waals surface area contributed by atoms with Crippen molar-refractivity contribution in [2.45, 2.75) is 18.7 Å². The number of hydrogen-bond acceptors (Lipinski definition) is 2. The second-order valence-electron chi connectivity index (χ2n) is 2.34. The van der Waals surface area contributed by atoms with Crippen LogP contribution in [0.5, 0.6) is 0 Å². The zero-order valence-electron chi connectivity index (χ0n) is 6.01. The summed E-state index contributed by atoms with van der Waals surface area (Å²) in [6.07, 6.45) is -6.19. The molecule has 0 bridgehead atoms. The summed E-state index contributed by atoms with van der Waals surface area (Å²) in [6.45, 7) is 0. The van der Waals surface area contributed by atoms with Crippen LogP contribution in [-0.2, 0) is 6.42 Å². The van der Waals surface area contributed by atoms with Crippen molar-refractivity contribution in [2.75, 3.05) is 0 Å². The standard InChI is InChI=1S/C7H7F3O2/c8-7(9,10)6(11)4-5-2-1-3-12-5/h1-3,6,11H,4H2/t6-/m1/s1. The first-order valence-corrected chi connectivity index (χ1v) is 3.27. The van der Waals surface area contributed by atoms with E-state index >= 15 is 0 Å². The average Bonchev–Trinajstić information content (AvgIpc) is 2.37. The van der Waals surface area contributed by atoms with E-state index in [0.29, 0.717) is 0 Å². The minimum Gasteiger partial charge on any atom is -0.469 e. The van der Waals surface area contributed by atoms with Gasteiger partial charge in [0.05, 0.1) is 6.26 Å². The molecule has 0 unspecified atom stereocenters. The van der Waals surface area contributed by atoms with E-state index in [1.54, 1.807) is 0 Å². The van der Waals surface area contributed by atoms with E-state index in [0.717, 1.165) is 0 Å². The molecule has 2 nitrogen and oxygen atoms in total. The van der Waals surface area contributed by atoms with Crippen LogP contribution in [0, 0.1) is 0 Å². The largest absolute Gasteiger partial charge is 0.469 e. The molecule has 1 rings (SSSR count). The zero-order chi connectivity index (χ0) is 9.19. The lowest BCUT2D eigenvalue weighted by molar-refractivity contribution is -0.203. The molecule has 0 amide bonds. The Morgan fingerprint density at radius 1 is 1.50 bits per heavy atom. The lowest BCUT2D eigenvalue weighted by Crippen LogP contribution is -2.30. The minimum absolute atomic E-state index is 0.125. The van der Waals surface area contributed by atoms with Crippen molar-refractivity contribution >= 4 is 0 Å². The van der Waals surface area contributed by atoms with Gasteiger partial charge < -0.3 is 9.52 Å². The molecule has 1 N–H and O–H groups in total. The predicted molar refractivity (Wildman–Crippen MR) is 34.5 cm³/mol. The Balaban J connectivity index is 2.53. The molecular formula is C7H7F3O2. The monoisotopic (exact) mass is 180 g/mol. The quantitative estimate of drug-likeness (QED) is 0.752. The molecule has 0 aromatic carbocycles. The van der Waals surface area contributed by atoms with Crippen molar-refractivity contribution in [3.05, 3.63) is 24.2 Å². The van der Waals surface area contributed by atoms with Gasteiger partial charge in [0.15, 0.2) is 6.10 Å². The van der Waals surface area contributed by atoms with Gasteiger partial charge in [0.2, 0.25) is 0 Å². The molecule has 0 saturated carbocycles. The summed E-state index contributed by atoms with van der Waals surface area (Å²) in [7, 11) is 0. The van der Waals surface area contributed by atoms with Crippen LogP contribution in [0.2, 0.25) is 0 Å². The second kappa shape index (κ2) is 3.18. The average molecular weight is 180 g/mol. The highest BCUT2D eigenvalue weighted by Gasteiger charge is 2.38. The summed E-state index contributed by atoms with van der Waals surface area (Å²) in [5.41, 5.74) is 0. The fourth-order valence-corrected chi connectivity index (χ4v) is 0.735. The molecule has 0 spiro atoms. The van der Waals surface area contributed by atoms with Crippen LogP contribution in [0.15, 0.2) is 22.8 Å². The molecule has 5 heteroatoms. The summed E-state index contributed by atoms with van der Waals surface area (Å²) >= 11 is 0.